The van der Waals surface area contributed by atoms with E-state index in [4.69, 9.17) is 47.7 Å². The van der Waals surface area contributed by atoms with Gasteiger partial charge >= 0.3 is 5.97 Å². The number of hydrogen-bond acceptors (Lipinski definition) is 14. The summed E-state index contributed by atoms with van der Waals surface area (Å²) in [6, 6.07) is 0.0120. The Hall–Kier alpha value is -1.56. The predicted octanol–water partition coefficient (Wildman–Crippen LogP) is 5.33. The lowest BCUT2D eigenvalue weighted by Crippen LogP contribution is -2.61. The zero-order valence-corrected chi connectivity index (χ0v) is 38.8. The Balaban J connectivity index is 0.00000374. The summed E-state index contributed by atoms with van der Waals surface area (Å²) in [5.74, 6) is -2.65. The van der Waals surface area contributed by atoms with Crippen molar-refractivity contribution in [3.8, 4) is 0 Å². The van der Waals surface area contributed by atoms with E-state index in [1.54, 1.807) is 49.2 Å². The molecule has 0 aliphatic carbocycles. The molecule has 3 aliphatic heterocycles. The number of hydrogen-bond donors (Lipinski definition) is 2. The van der Waals surface area contributed by atoms with Gasteiger partial charge in [-0.3, -0.25) is 4.79 Å². The number of allylic oxidation sites excluding steroid dienone is 1. The summed E-state index contributed by atoms with van der Waals surface area (Å²) in [6.45, 7) is 21.1. The molecule has 2 fully saturated rings. The van der Waals surface area contributed by atoms with Gasteiger partial charge in [0.25, 0.3) is 0 Å². The molecular weight excluding hydrogens is 750 g/mol. The number of esters is 1. The summed E-state index contributed by atoms with van der Waals surface area (Å²) in [6.07, 6.45) is -0.512. The molecule has 2 saturated heterocycles. The largest absolute Gasteiger partial charge is 0.459 e. The molecule has 0 spiro atoms. The van der Waals surface area contributed by atoms with E-state index < -0.39 is 83.6 Å². The van der Waals surface area contributed by atoms with Crippen LogP contribution in [0.2, 0.25) is 0 Å². The minimum Gasteiger partial charge on any atom is -0.459 e. The topological polar surface area (TPSA) is 161 Å². The van der Waals surface area contributed by atoms with Gasteiger partial charge in [-0.1, -0.05) is 32.4 Å². The molecule has 14 heteroatoms. The van der Waals surface area contributed by atoms with E-state index in [1.165, 1.54) is 0 Å². The number of aliphatic hydroxyl groups excluding tert-OH is 1. The van der Waals surface area contributed by atoms with Crippen molar-refractivity contribution in [1.29, 1.82) is 0 Å². The molecule has 0 radical (unpaired) electrons. The summed E-state index contributed by atoms with van der Waals surface area (Å²) in [7, 11) is 10.6. The van der Waals surface area contributed by atoms with Crippen LogP contribution in [-0.4, -0.2) is 155 Å². The lowest BCUT2D eigenvalue weighted by atomic mass is 9.74. The van der Waals surface area contributed by atoms with Crippen LogP contribution in [0.4, 0.5) is 0 Å². The summed E-state index contributed by atoms with van der Waals surface area (Å²) in [5, 5.41) is 19.7. The first-order valence-electron chi connectivity index (χ1n) is 21.2. The molecule has 3 rings (SSSR count). The van der Waals surface area contributed by atoms with Crippen LogP contribution in [0.3, 0.4) is 0 Å². The second-order valence-corrected chi connectivity index (χ2v) is 17.7. The molecule has 17 atom stereocenters. The highest BCUT2D eigenvalue weighted by Gasteiger charge is 2.53. The normalized spacial score (nSPS) is 44.3. The van der Waals surface area contributed by atoms with Gasteiger partial charge in [-0.15, -0.1) is 0 Å². The quantitative estimate of drug-likeness (QED) is 0.148. The average Bonchev–Trinajstić information content (AvgIpc) is 3.15. The maximum atomic E-state index is 14.5. The van der Waals surface area contributed by atoms with Crippen molar-refractivity contribution in [2.24, 2.45) is 23.7 Å². The number of rotatable bonds is 12. The van der Waals surface area contributed by atoms with Gasteiger partial charge in [-0.05, 0) is 94.7 Å². The van der Waals surface area contributed by atoms with Gasteiger partial charge in [0.15, 0.2) is 12.6 Å². The van der Waals surface area contributed by atoms with Crippen molar-refractivity contribution in [1.82, 2.24) is 4.90 Å². The number of aldehydes is 1. The highest BCUT2D eigenvalue weighted by Crippen LogP contribution is 2.43. The predicted molar refractivity (Wildman–Crippen MR) is 221 cm³/mol. The average molecular weight is 832 g/mol. The zero-order chi connectivity index (χ0) is 44.3. The first kappa shape index (κ1) is 52.6. The third-order valence-corrected chi connectivity index (χ3v) is 12.9. The van der Waals surface area contributed by atoms with Gasteiger partial charge in [0, 0.05) is 65.8 Å². The molecule has 340 valence electrons. The second-order valence-electron chi connectivity index (χ2n) is 17.7. The molecule has 0 aromatic rings. The molecular formula is C44H81NO13. The fourth-order valence-electron chi connectivity index (χ4n) is 9.72. The Morgan fingerprint density at radius 2 is 1.48 bits per heavy atom. The molecule has 3 heterocycles. The number of methoxy groups -OCH3 is 4. The van der Waals surface area contributed by atoms with E-state index in [0.717, 1.165) is 18.3 Å². The second kappa shape index (κ2) is 23.0. The fraction of sp³-hybridized carbons (Fsp3) is 0.909. The number of carbonyl (C=O) groups excluding carboxylic acids is 2. The van der Waals surface area contributed by atoms with Crippen molar-refractivity contribution in [2.75, 3.05) is 49.1 Å². The Morgan fingerprint density at radius 1 is 0.897 bits per heavy atom. The maximum Gasteiger partial charge on any atom is 0.311 e. The summed E-state index contributed by atoms with van der Waals surface area (Å²) < 4.78 is 57.8. The van der Waals surface area contributed by atoms with E-state index in [0.29, 0.717) is 19.3 Å². The van der Waals surface area contributed by atoms with Crippen LogP contribution < -0.4 is 0 Å². The van der Waals surface area contributed by atoms with Crippen molar-refractivity contribution in [3.05, 3.63) is 11.6 Å². The standard InChI is InChI=1S/C42H75NO12.C2H6O/c1-17-32-42(10,46)30(18-19-44)25(3)20-24(2)22-40(8,49-15)36(55-39-35(47-13)31(43(11)12)21-26(4)51-39)27(5)34(28(6)38(45)53-32)54-33-23-41(9,50-16)37(48-14)29(7)52-33;1-2-3/h19-20,24,26-37,39,46H,17-18,21-23H2,1-16H3;3H,2H2,1H3/b25-20-;/t24-,26+,27-,28+,29-,30+,31-,32+,33-,34-,35+,36+,37-,39-,40+,41+,42-;/m0./s1. The van der Waals surface area contributed by atoms with Crippen molar-refractivity contribution in [3.63, 3.8) is 0 Å². The molecule has 58 heavy (non-hydrogen) atoms. The smallest absolute Gasteiger partial charge is 0.311 e. The minimum absolute atomic E-state index is 0.0120. The minimum atomic E-state index is -1.54. The number of likely N-dealkylation sites (N-methyl/N-ethyl adjacent to an activating group) is 1. The van der Waals surface area contributed by atoms with Crippen LogP contribution in [0.5, 0.6) is 0 Å². The SMILES string of the molecule is CCO.CC[C@H]1OC(=O)[C@H](C)[C@@H](O[C@H]2C[C@@](C)(OC)[C@@H](OC)[C@H](C)O2)[C@H](C)[C@@H](O[C@@H]2O[C@H](C)C[C@H](N(C)C)[C@H]2OC)[C@](C)(OC)C[C@@H](C)/C=C(/C)[C@@H](CC=O)[C@]1(C)O. The van der Waals surface area contributed by atoms with E-state index in [-0.39, 0.29) is 37.2 Å². The van der Waals surface area contributed by atoms with Crippen LogP contribution >= 0.6 is 0 Å². The molecule has 0 aromatic carbocycles. The lowest BCUT2D eigenvalue weighted by molar-refractivity contribution is -0.322. The van der Waals surface area contributed by atoms with Crippen molar-refractivity contribution >= 4 is 12.3 Å². The molecule has 0 aromatic heterocycles. The Bertz CT molecular complexity index is 1280. The Labute approximate surface area is 349 Å². The third-order valence-electron chi connectivity index (χ3n) is 12.9. The number of carbonyl (C=O) groups is 2. The summed E-state index contributed by atoms with van der Waals surface area (Å²) in [4.78, 5) is 28.6. The molecule has 0 unspecified atom stereocenters. The van der Waals surface area contributed by atoms with Crippen LogP contribution in [0.15, 0.2) is 11.6 Å². The monoisotopic (exact) mass is 832 g/mol. The highest BCUT2D eigenvalue weighted by molar-refractivity contribution is 5.73. The maximum absolute atomic E-state index is 14.5. The van der Waals surface area contributed by atoms with Gasteiger partial charge in [0.1, 0.15) is 30.2 Å². The van der Waals surface area contributed by atoms with Gasteiger partial charge < -0.3 is 62.5 Å². The first-order valence-corrected chi connectivity index (χ1v) is 21.2. The van der Waals surface area contributed by atoms with Gasteiger partial charge in [0.2, 0.25) is 0 Å². The molecule has 14 nitrogen and oxygen atoms in total. The highest BCUT2D eigenvalue weighted by atomic mass is 16.7. The van der Waals surface area contributed by atoms with Crippen LogP contribution in [0.1, 0.15) is 108 Å². The van der Waals surface area contributed by atoms with E-state index >= 15 is 0 Å². The molecule has 0 bridgehead atoms. The van der Waals surface area contributed by atoms with Crippen molar-refractivity contribution in [2.45, 2.75) is 186 Å². The molecule has 0 amide bonds. The molecule has 0 saturated carbocycles. The molecule has 3 aliphatic rings. The number of nitrogens with zero attached hydrogens (tertiary/aromatic N) is 1. The van der Waals surface area contributed by atoms with Gasteiger partial charge in [-0.25, -0.2) is 0 Å². The van der Waals surface area contributed by atoms with E-state index in [2.05, 4.69) is 17.9 Å². The summed E-state index contributed by atoms with van der Waals surface area (Å²) in [5.41, 5.74) is -2.44. The lowest BCUT2D eigenvalue weighted by Gasteiger charge is -2.50. The fourth-order valence-corrected chi connectivity index (χ4v) is 9.72. The number of cyclic esters (lactones) is 1. The molecule has 2 N–H and O–H groups in total. The number of ether oxygens (including phenoxy) is 9. The van der Waals surface area contributed by atoms with Crippen molar-refractivity contribution < 1.29 is 62.4 Å². The Kier molecular flexibility index (Phi) is 20.9. The number of aliphatic hydroxyl groups is 2. The van der Waals surface area contributed by atoms with E-state index in [9.17, 15) is 14.7 Å². The Morgan fingerprint density at radius 3 is 1.98 bits per heavy atom. The van der Waals surface area contributed by atoms with Gasteiger partial charge in [0.05, 0.1) is 41.5 Å². The van der Waals surface area contributed by atoms with E-state index in [1.807, 2.05) is 62.6 Å². The van der Waals surface area contributed by atoms with Crippen LogP contribution in [-0.2, 0) is 52.2 Å². The summed E-state index contributed by atoms with van der Waals surface area (Å²) >= 11 is 0. The third kappa shape index (κ3) is 12.5. The van der Waals surface area contributed by atoms with Gasteiger partial charge in [-0.2, -0.15) is 0 Å². The first-order chi connectivity index (χ1) is 27.1. The van der Waals surface area contributed by atoms with Crippen LogP contribution in [0, 0.1) is 23.7 Å². The van der Waals surface area contributed by atoms with Crippen LogP contribution in [0.25, 0.3) is 0 Å². The zero-order valence-electron chi connectivity index (χ0n) is 38.8.